The van der Waals surface area contributed by atoms with E-state index < -0.39 is 24.3 Å². The molecule has 29 heavy (non-hydrogen) atoms. The summed E-state index contributed by atoms with van der Waals surface area (Å²) in [6.45, 7) is 7.36. The zero-order chi connectivity index (χ0) is 21.4. The van der Waals surface area contributed by atoms with E-state index in [4.69, 9.17) is 14.2 Å². The Morgan fingerprint density at radius 3 is 2.41 bits per heavy atom. The van der Waals surface area contributed by atoms with Crippen molar-refractivity contribution in [3.63, 3.8) is 0 Å². The molecule has 1 aromatic heterocycles. The Hall–Kier alpha value is -3.09. The molecule has 0 aliphatic rings. The van der Waals surface area contributed by atoms with Crippen molar-refractivity contribution in [1.29, 1.82) is 0 Å². The highest BCUT2D eigenvalue weighted by molar-refractivity contribution is 6.02. The predicted octanol–water partition coefficient (Wildman–Crippen LogP) is 3.57. The van der Waals surface area contributed by atoms with Gasteiger partial charge in [-0.1, -0.05) is 18.2 Å². The Balaban J connectivity index is 1.93. The molecule has 0 aliphatic carbocycles. The zero-order valence-corrected chi connectivity index (χ0v) is 17.3. The third kappa shape index (κ3) is 5.70. The number of rotatable bonds is 10. The van der Waals surface area contributed by atoms with Crippen LogP contribution in [0.25, 0.3) is 0 Å². The molecule has 156 valence electrons. The number of hydrogen-bond donors (Lipinski definition) is 1. The van der Waals surface area contributed by atoms with Gasteiger partial charge in [0.05, 0.1) is 24.5 Å². The lowest BCUT2D eigenvalue weighted by atomic mass is 10.1. The SMILES string of the molecule is CCOC(=O)c1c(C)[nH]c(C(=O)COC(=O)CCc2ccccc2OCC)c1C. The van der Waals surface area contributed by atoms with Crippen LogP contribution < -0.4 is 4.74 Å². The molecule has 7 nitrogen and oxygen atoms in total. The maximum Gasteiger partial charge on any atom is 0.340 e. The first-order chi connectivity index (χ1) is 13.9. The summed E-state index contributed by atoms with van der Waals surface area (Å²) in [4.78, 5) is 39.5. The second kappa shape index (κ2) is 10.5. The molecule has 0 fully saturated rings. The summed E-state index contributed by atoms with van der Waals surface area (Å²) in [5.41, 5.74) is 2.54. The van der Waals surface area contributed by atoms with Crippen molar-refractivity contribution < 1.29 is 28.6 Å². The highest BCUT2D eigenvalue weighted by Crippen LogP contribution is 2.21. The number of aryl methyl sites for hydroxylation is 2. The second-order valence-corrected chi connectivity index (χ2v) is 6.47. The van der Waals surface area contributed by atoms with Crippen LogP contribution in [0.4, 0.5) is 0 Å². The van der Waals surface area contributed by atoms with Gasteiger partial charge in [-0.25, -0.2) is 4.79 Å². The normalized spacial score (nSPS) is 10.5. The number of hydrogen-bond acceptors (Lipinski definition) is 6. The number of aromatic amines is 1. The molecule has 0 radical (unpaired) electrons. The van der Waals surface area contributed by atoms with Gasteiger partial charge in [0, 0.05) is 12.1 Å². The number of benzene rings is 1. The van der Waals surface area contributed by atoms with Gasteiger partial charge in [0.15, 0.2) is 6.61 Å². The smallest absolute Gasteiger partial charge is 0.340 e. The quantitative estimate of drug-likeness (QED) is 0.483. The number of para-hydroxylation sites is 1. The van der Waals surface area contributed by atoms with Crippen LogP contribution in [-0.4, -0.2) is 42.5 Å². The fourth-order valence-corrected chi connectivity index (χ4v) is 3.07. The van der Waals surface area contributed by atoms with Gasteiger partial charge >= 0.3 is 11.9 Å². The summed E-state index contributed by atoms with van der Waals surface area (Å²) < 4.78 is 15.7. The fraction of sp³-hybridized carbons (Fsp3) is 0.409. The highest BCUT2D eigenvalue weighted by atomic mass is 16.5. The topological polar surface area (TPSA) is 94.7 Å². The highest BCUT2D eigenvalue weighted by Gasteiger charge is 2.23. The molecule has 1 aromatic carbocycles. The summed E-state index contributed by atoms with van der Waals surface area (Å²) in [6.07, 6.45) is 0.588. The molecule has 1 heterocycles. The molecule has 0 unspecified atom stereocenters. The molecule has 2 aromatic rings. The van der Waals surface area contributed by atoms with Crippen molar-refractivity contribution >= 4 is 17.7 Å². The summed E-state index contributed by atoms with van der Waals surface area (Å²) in [6, 6.07) is 7.50. The monoisotopic (exact) mass is 401 g/mol. The van der Waals surface area contributed by atoms with Gasteiger partial charge in [0.1, 0.15) is 5.75 Å². The standard InChI is InChI=1S/C22H27NO6/c1-5-27-18-10-8-7-9-16(18)11-12-19(25)29-13-17(24)21-14(3)20(15(4)23-21)22(26)28-6-2/h7-10,23H,5-6,11-13H2,1-4H3. The summed E-state index contributed by atoms with van der Waals surface area (Å²) in [5, 5.41) is 0. The van der Waals surface area contributed by atoms with E-state index in [2.05, 4.69) is 4.98 Å². The van der Waals surface area contributed by atoms with E-state index in [-0.39, 0.29) is 18.7 Å². The minimum Gasteiger partial charge on any atom is -0.494 e. The van der Waals surface area contributed by atoms with Gasteiger partial charge in [0.2, 0.25) is 5.78 Å². The molecular weight excluding hydrogens is 374 g/mol. The molecule has 7 heteroatoms. The molecule has 0 saturated heterocycles. The minimum absolute atomic E-state index is 0.133. The second-order valence-electron chi connectivity index (χ2n) is 6.47. The Morgan fingerprint density at radius 2 is 1.72 bits per heavy atom. The molecule has 0 amide bonds. The summed E-state index contributed by atoms with van der Waals surface area (Å²) in [5.74, 6) is -0.619. The number of esters is 2. The number of nitrogens with one attached hydrogen (secondary N) is 1. The average Bonchev–Trinajstić information content (AvgIpc) is 3.00. The van der Waals surface area contributed by atoms with Crippen molar-refractivity contribution in [2.45, 2.75) is 40.5 Å². The van der Waals surface area contributed by atoms with E-state index in [1.165, 1.54) is 0 Å². The van der Waals surface area contributed by atoms with Crippen molar-refractivity contribution in [3.8, 4) is 5.75 Å². The van der Waals surface area contributed by atoms with Crippen LogP contribution in [0.5, 0.6) is 5.75 Å². The number of ketones is 1. The van der Waals surface area contributed by atoms with Crippen LogP contribution in [0, 0.1) is 13.8 Å². The Kier molecular flexibility index (Phi) is 8.00. The lowest BCUT2D eigenvalue weighted by Gasteiger charge is -2.09. The maximum atomic E-state index is 12.4. The van der Waals surface area contributed by atoms with Crippen molar-refractivity contribution in [2.75, 3.05) is 19.8 Å². The third-order valence-electron chi connectivity index (χ3n) is 4.43. The average molecular weight is 401 g/mol. The van der Waals surface area contributed by atoms with Crippen LogP contribution >= 0.6 is 0 Å². The van der Waals surface area contributed by atoms with Gasteiger partial charge < -0.3 is 19.2 Å². The van der Waals surface area contributed by atoms with Gasteiger partial charge in [-0.05, 0) is 51.3 Å². The third-order valence-corrected chi connectivity index (χ3v) is 4.43. The number of carbonyl (C=O) groups is 3. The van der Waals surface area contributed by atoms with E-state index >= 15 is 0 Å². The number of Topliss-reactive ketones (excluding diaryl/α,β-unsaturated/α-hetero) is 1. The van der Waals surface area contributed by atoms with E-state index in [1.54, 1.807) is 20.8 Å². The molecule has 0 atom stereocenters. The largest absolute Gasteiger partial charge is 0.494 e. The van der Waals surface area contributed by atoms with Gasteiger partial charge in [-0.15, -0.1) is 0 Å². The van der Waals surface area contributed by atoms with Crippen LogP contribution in [-0.2, 0) is 20.7 Å². The first-order valence-corrected chi connectivity index (χ1v) is 9.64. The van der Waals surface area contributed by atoms with Crippen LogP contribution in [0.3, 0.4) is 0 Å². The molecule has 0 aliphatic heterocycles. The molecular formula is C22H27NO6. The van der Waals surface area contributed by atoms with Crippen LogP contribution in [0.15, 0.2) is 24.3 Å². The zero-order valence-electron chi connectivity index (χ0n) is 17.3. The Labute approximate surface area is 170 Å². The Morgan fingerprint density at radius 1 is 1.00 bits per heavy atom. The minimum atomic E-state index is -0.484. The number of ether oxygens (including phenoxy) is 3. The lowest BCUT2D eigenvalue weighted by Crippen LogP contribution is -2.16. The maximum absolute atomic E-state index is 12.4. The molecule has 1 N–H and O–H groups in total. The molecule has 0 spiro atoms. The van der Waals surface area contributed by atoms with Gasteiger partial charge in [-0.3, -0.25) is 9.59 Å². The molecule has 0 bridgehead atoms. The van der Waals surface area contributed by atoms with Crippen LogP contribution in [0.1, 0.15) is 57.9 Å². The first-order valence-electron chi connectivity index (χ1n) is 9.64. The van der Waals surface area contributed by atoms with Gasteiger partial charge in [-0.2, -0.15) is 0 Å². The lowest BCUT2D eigenvalue weighted by molar-refractivity contribution is -0.142. The first kappa shape index (κ1) is 22.2. The van der Waals surface area contributed by atoms with Crippen molar-refractivity contribution in [1.82, 2.24) is 4.98 Å². The molecule has 2 rings (SSSR count). The summed E-state index contributed by atoms with van der Waals surface area (Å²) >= 11 is 0. The van der Waals surface area contributed by atoms with Crippen molar-refractivity contribution in [2.24, 2.45) is 0 Å². The Bertz CT molecular complexity index is 883. The van der Waals surface area contributed by atoms with E-state index in [1.807, 2.05) is 31.2 Å². The number of H-pyrrole nitrogens is 1. The van der Waals surface area contributed by atoms with E-state index in [0.29, 0.717) is 29.8 Å². The van der Waals surface area contributed by atoms with Crippen LogP contribution in [0.2, 0.25) is 0 Å². The summed E-state index contributed by atoms with van der Waals surface area (Å²) in [7, 11) is 0. The van der Waals surface area contributed by atoms with Crippen molar-refractivity contribution in [3.05, 3.63) is 52.3 Å². The number of carbonyl (C=O) groups excluding carboxylic acids is 3. The number of aromatic nitrogens is 1. The van der Waals surface area contributed by atoms with E-state index in [0.717, 1.165) is 11.3 Å². The molecule has 0 saturated carbocycles. The van der Waals surface area contributed by atoms with E-state index in [9.17, 15) is 14.4 Å². The predicted molar refractivity (Wildman–Crippen MR) is 107 cm³/mol. The fourth-order valence-electron chi connectivity index (χ4n) is 3.07. The van der Waals surface area contributed by atoms with Gasteiger partial charge in [0.25, 0.3) is 0 Å².